The SMILES string of the molecule is CC(C)(C)OC(=O)CNc1c(OCc2ccccc2)cc2c(c1F)C[C@H](NC(=O)OC(C)(C)C)CC2. The number of esters is 1. The van der Waals surface area contributed by atoms with E-state index in [9.17, 15) is 9.59 Å². The molecule has 1 aliphatic carbocycles. The number of amides is 1. The van der Waals surface area contributed by atoms with E-state index in [1.807, 2.05) is 36.4 Å². The Hall–Kier alpha value is -3.29. The third-order valence-corrected chi connectivity index (χ3v) is 5.42. The van der Waals surface area contributed by atoms with E-state index in [-0.39, 0.29) is 24.9 Å². The molecule has 0 bridgehead atoms. The number of anilines is 1. The molecule has 1 aliphatic rings. The van der Waals surface area contributed by atoms with Gasteiger partial charge in [-0.3, -0.25) is 4.79 Å². The van der Waals surface area contributed by atoms with Gasteiger partial charge in [0, 0.05) is 6.04 Å². The fourth-order valence-electron chi connectivity index (χ4n) is 3.99. The van der Waals surface area contributed by atoms with Crippen molar-refractivity contribution in [1.29, 1.82) is 0 Å². The monoisotopic (exact) mass is 500 g/mol. The molecular formula is C28H37FN2O5. The highest BCUT2D eigenvalue weighted by Crippen LogP contribution is 2.37. The van der Waals surface area contributed by atoms with Crippen molar-refractivity contribution in [3.05, 3.63) is 58.9 Å². The van der Waals surface area contributed by atoms with Gasteiger partial charge in [0.1, 0.15) is 35.8 Å². The molecule has 196 valence electrons. The first-order chi connectivity index (χ1) is 16.8. The van der Waals surface area contributed by atoms with Crippen molar-refractivity contribution in [2.45, 2.75) is 84.7 Å². The first-order valence-electron chi connectivity index (χ1n) is 12.3. The summed E-state index contributed by atoms with van der Waals surface area (Å²) < 4.78 is 32.6. The lowest BCUT2D eigenvalue weighted by Crippen LogP contribution is -2.42. The third-order valence-electron chi connectivity index (χ3n) is 5.42. The van der Waals surface area contributed by atoms with Crippen LogP contribution in [0, 0.1) is 5.82 Å². The van der Waals surface area contributed by atoms with Gasteiger partial charge in [0.05, 0.1) is 0 Å². The lowest BCUT2D eigenvalue weighted by molar-refractivity contribution is -0.152. The normalized spacial score (nSPS) is 15.5. The zero-order chi connectivity index (χ0) is 26.5. The van der Waals surface area contributed by atoms with E-state index in [0.717, 1.165) is 11.1 Å². The lowest BCUT2D eigenvalue weighted by Gasteiger charge is -2.29. The Morgan fingerprint density at radius 3 is 2.33 bits per heavy atom. The first kappa shape index (κ1) is 27.3. The first-order valence-corrected chi connectivity index (χ1v) is 12.3. The Labute approximate surface area is 212 Å². The smallest absolute Gasteiger partial charge is 0.407 e. The predicted octanol–water partition coefficient (Wildman–Crippen LogP) is 5.54. The summed E-state index contributed by atoms with van der Waals surface area (Å²) in [7, 11) is 0. The molecule has 0 heterocycles. The van der Waals surface area contributed by atoms with Gasteiger partial charge in [-0.15, -0.1) is 0 Å². The molecule has 1 amide bonds. The van der Waals surface area contributed by atoms with Crippen molar-refractivity contribution >= 4 is 17.7 Å². The molecule has 0 spiro atoms. The van der Waals surface area contributed by atoms with Crippen LogP contribution in [0.15, 0.2) is 36.4 Å². The number of aryl methyl sites for hydroxylation is 1. The Balaban J connectivity index is 1.82. The highest BCUT2D eigenvalue weighted by molar-refractivity contribution is 5.77. The minimum absolute atomic E-state index is 0.105. The molecule has 2 aromatic rings. The van der Waals surface area contributed by atoms with Crippen LogP contribution in [-0.2, 0) is 33.7 Å². The number of fused-ring (bicyclic) bond motifs is 1. The second-order valence-corrected chi connectivity index (χ2v) is 11.0. The number of ether oxygens (including phenoxy) is 3. The maximum absolute atomic E-state index is 15.9. The minimum atomic E-state index is -0.652. The largest absolute Gasteiger partial charge is 0.487 e. The molecule has 2 N–H and O–H groups in total. The summed E-state index contributed by atoms with van der Waals surface area (Å²) in [6.45, 7) is 10.7. The van der Waals surface area contributed by atoms with E-state index in [4.69, 9.17) is 14.2 Å². The number of alkyl carbamates (subject to hydrolysis) is 1. The fraction of sp³-hybridized carbons (Fsp3) is 0.500. The number of nitrogens with one attached hydrogen (secondary N) is 2. The van der Waals surface area contributed by atoms with Gasteiger partial charge < -0.3 is 24.8 Å². The molecular weight excluding hydrogens is 463 g/mol. The Bertz CT molecular complexity index is 1070. The van der Waals surface area contributed by atoms with Crippen LogP contribution in [0.5, 0.6) is 5.75 Å². The van der Waals surface area contributed by atoms with Crippen LogP contribution < -0.4 is 15.4 Å². The summed E-state index contributed by atoms with van der Waals surface area (Å²) in [5, 5.41) is 5.74. The molecule has 36 heavy (non-hydrogen) atoms. The molecule has 0 radical (unpaired) electrons. The number of benzene rings is 2. The van der Waals surface area contributed by atoms with Gasteiger partial charge in [0.15, 0.2) is 5.82 Å². The third kappa shape index (κ3) is 8.14. The van der Waals surface area contributed by atoms with Crippen molar-refractivity contribution in [3.8, 4) is 5.75 Å². The van der Waals surface area contributed by atoms with Crippen molar-refractivity contribution in [3.63, 3.8) is 0 Å². The number of carbonyl (C=O) groups excluding carboxylic acids is 2. The molecule has 0 aliphatic heterocycles. The topological polar surface area (TPSA) is 85.9 Å². The van der Waals surface area contributed by atoms with Crippen LogP contribution in [0.25, 0.3) is 0 Å². The van der Waals surface area contributed by atoms with Gasteiger partial charge in [-0.2, -0.15) is 0 Å². The van der Waals surface area contributed by atoms with Crippen LogP contribution in [0.2, 0.25) is 0 Å². The van der Waals surface area contributed by atoms with Crippen LogP contribution >= 0.6 is 0 Å². The number of carbonyl (C=O) groups is 2. The van der Waals surface area contributed by atoms with Crippen molar-refractivity contribution in [2.75, 3.05) is 11.9 Å². The van der Waals surface area contributed by atoms with Crippen molar-refractivity contribution < 1.29 is 28.2 Å². The Morgan fingerprint density at radius 2 is 1.69 bits per heavy atom. The second-order valence-electron chi connectivity index (χ2n) is 11.0. The summed E-state index contributed by atoms with van der Waals surface area (Å²) >= 11 is 0. The summed E-state index contributed by atoms with van der Waals surface area (Å²) in [5.74, 6) is -0.662. The molecule has 0 fully saturated rings. The fourth-order valence-corrected chi connectivity index (χ4v) is 3.99. The Kier molecular flexibility index (Phi) is 8.48. The summed E-state index contributed by atoms with van der Waals surface area (Å²) in [6, 6.07) is 11.1. The number of hydrogen-bond acceptors (Lipinski definition) is 6. The van der Waals surface area contributed by atoms with Gasteiger partial charge in [-0.1, -0.05) is 30.3 Å². The summed E-state index contributed by atoms with van der Waals surface area (Å²) in [6.07, 6.45) is 0.998. The molecule has 1 atom stereocenters. The molecule has 8 heteroatoms. The average molecular weight is 501 g/mol. The van der Waals surface area contributed by atoms with Crippen molar-refractivity contribution in [1.82, 2.24) is 5.32 Å². The second kappa shape index (κ2) is 11.2. The van der Waals surface area contributed by atoms with Crippen LogP contribution in [0.4, 0.5) is 14.9 Å². The van der Waals surface area contributed by atoms with Crippen LogP contribution in [-0.4, -0.2) is 35.9 Å². The minimum Gasteiger partial charge on any atom is -0.487 e. The van der Waals surface area contributed by atoms with E-state index in [2.05, 4.69) is 10.6 Å². The van der Waals surface area contributed by atoms with Gasteiger partial charge in [0.25, 0.3) is 0 Å². The number of rotatable bonds is 7. The average Bonchev–Trinajstić information content (AvgIpc) is 2.76. The van der Waals surface area contributed by atoms with Gasteiger partial charge in [-0.05, 0) is 83.6 Å². The molecule has 0 aromatic heterocycles. The number of halogens is 1. The molecule has 2 aromatic carbocycles. The molecule has 7 nitrogen and oxygen atoms in total. The van der Waals surface area contributed by atoms with Crippen molar-refractivity contribution in [2.24, 2.45) is 0 Å². The summed E-state index contributed by atoms with van der Waals surface area (Å²) in [5.41, 5.74) is 1.08. The molecule has 0 unspecified atom stereocenters. The Morgan fingerprint density at radius 1 is 1.03 bits per heavy atom. The van der Waals surface area contributed by atoms with E-state index >= 15 is 4.39 Å². The van der Waals surface area contributed by atoms with Crippen LogP contribution in [0.3, 0.4) is 0 Å². The zero-order valence-electron chi connectivity index (χ0n) is 22.0. The highest BCUT2D eigenvalue weighted by atomic mass is 19.1. The van der Waals surface area contributed by atoms with Crippen LogP contribution in [0.1, 0.15) is 64.7 Å². The zero-order valence-corrected chi connectivity index (χ0v) is 22.0. The predicted molar refractivity (Wildman–Crippen MR) is 137 cm³/mol. The molecule has 0 saturated heterocycles. The quantitative estimate of drug-likeness (QED) is 0.486. The van der Waals surface area contributed by atoms with Gasteiger partial charge in [-0.25, -0.2) is 9.18 Å². The molecule has 3 rings (SSSR count). The van der Waals surface area contributed by atoms with E-state index in [1.54, 1.807) is 41.5 Å². The van der Waals surface area contributed by atoms with E-state index < -0.39 is 29.1 Å². The molecule has 0 saturated carbocycles. The maximum atomic E-state index is 15.9. The number of hydrogen-bond donors (Lipinski definition) is 2. The van der Waals surface area contributed by atoms with Gasteiger partial charge in [0.2, 0.25) is 0 Å². The highest BCUT2D eigenvalue weighted by Gasteiger charge is 2.29. The van der Waals surface area contributed by atoms with Gasteiger partial charge >= 0.3 is 12.1 Å². The maximum Gasteiger partial charge on any atom is 0.407 e. The van der Waals surface area contributed by atoms with E-state index in [1.165, 1.54) is 0 Å². The standard InChI is InChI=1S/C28H37FN2O5/c1-27(2,3)35-23(32)16-30-25-22(34-17-18-10-8-7-9-11-18)14-19-12-13-20(15-21(19)24(25)29)31-26(33)36-28(4,5)6/h7-11,14,20,30H,12-13,15-17H2,1-6H3,(H,31,33)/t20-/m1/s1. The van der Waals surface area contributed by atoms with E-state index in [0.29, 0.717) is 30.6 Å². The summed E-state index contributed by atoms with van der Waals surface area (Å²) in [4.78, 5) is 24.5. The lowest BCUT2D eigenvalue weighted by atomic mass is 9.87.